The van der Waals surface area contributed by atoms with Crippen LogP contribution in [0.5, 0.6) is 0 Å². The van der Waals surface area contributed by atoms with Crippen molar-refractivity contribution in [3.8, 4) is 0 Å². The second kappa shape index (κ2) is 8.98. The molecule has 1 amide bonds. The standard InChI is InChI=1S/C26H25N3O2/c1-17(18-11-13-20(14-12-18)26(27)31)15-29-24(19-7-3-2-4-8-19)25(30)22-16-28-23-10-6-5-9-21(22)23/h2-14,16-17,24,28-29H,15H2,1H3,(H2,27,31). The topological polar surface area (TPSA) is 88.0 Å². The Bertz CT molecular complexity index is 1200. The predicted octanol–water partition coefficient (Wildman–Crippen LogP) is 4.58. The van der Waals surface area contributed by atoms with E-state index >= 15 is 0 Å². The van der Waals surface area contributed by atoms with Crippen molar-refractivity contribution in [2.45, 2.75) is 18.9 Å². The molecule has 4 rings (SSSR count). The van der Waals surface area contributed by atoms with Crippen LogP contribution in [0.2, 0.25) is 0 Å². The number of primary amides is 1. The molecule has 5 heteroatoms. The summed E-state index contributed by atoms with van der Waals surface area (Å²) in [5, 5.41) is 4.39. The summed E-state index contributed by atoms with van der Waals surface area (Å²) < 4.78 is 0. The number of fused-ring (bicyclic) bond motifs is 1. The second-order valence-corrected chi connectivity index (χ2v) is 7.75. The summed E-state index contributed by atoms with van der Waals surface area (Å²) in [6.45, 7) is 2.69. The van der Waals surface area contributed by atoms with E-state index in [2.05, 4.69) is 17.2 Å². The van der Waals surface area contributed by atoms with E-state index in [0.29, 0.717) is 17.7 Å². The molecule has 4 aromatic rings. The number of H-pyrrole nitrogens is 1. The number of para-hydroxylation sites is 1. The molecule has 31 heavy (non-hydrogen) atoms. The third kappa shape index (κ3) is 4.42. The number of ketones is 1. The highest BCUT2D eigenvalue weighted by atomic mass is 16.1. The molecule has 2 atom stereocenters. The zero-order valence-electron chi connectivity index (χ0n) is 17.3. The largest absolute Gasteiger partial charge is 0.366 e. The fourth-order valence-corrected chi connectivity index (χ4v) is 3.83. The minimum Gasteiger partial charge on any atom is -0.366 e. The first kappa shape index (κ1) is 20.6. The summed E-state index contributed by atoms with van der Waals surface area (Å²) in [5.74, 6) is -0.269. The van der Waals surface area contributed by atoms with Gasteiger partial charge in [-0.05, 0) is 35.2 Å². The van der Waals surface area contributed by atoms with Crippen molar-refractivity contribution in [2.75, 3.05) is 6.54 Å². The highest BCUT2D eigenvalue weighted by molar-refractivity contribution is 6.10. The Balaban J connectivity index is 1.57. The first-order valence-corrected chi connectivity index (χ1v) is 10.3. The van der Waals surface area contributed by atoms with Gasteiger partial charge in [-0.25, -0.2) is 0 Å². The summed E-state index contributed by atoms with van der Waals surface area (Å²) in [7, 11) is 0. The number of nitrogens with one attached hydrogen (secondary N) is 2. The molecule has 0 aliphatic rings. The number of aromatic nitrogens is 1. The van der Waals surface area contributed by atoms with Gasteiger partial charge in [0.15, 0.2) is 5.78 Å². The Morgan fingerprint density at radius 3 is 2.29 bits per heavy atom. The van der Waals surface area contributed by atoms with E-state index in [4.69, 9.17) is 5.73 Å². The molecule has 0 saturated heterocycles. The van der Waals surface area contributed by atoms with Crippen molar-refractivity contribution < 1.29 is 9.59 Å². The van der Waals surface area contributed by atoms with Gasteiger partial charge in [-0.3, -0.25) is 9.59 Å². The normalized spacial score (nSPS) is 13.1. The molecule has 1 aromatic heterocycles. The average Bonchev–Trinajstić information content (AvgIpc) is 3.24. The maximum atomic E-state index is 13.6. The van der Waals surface area contributed by atoms with Crippen molar-refractivity contribution in [3.63, 3.8) is 0 Å². The monoisotopic (exact) mass is 411 g/mol. The van der Waals surface area contributed by atoms with Crippen molar-refractivity contribution in [2.24, 2.45) is 5.73 Å². The highest BCUT2D eigenvalue weighted by Gasteiger charge is 2.24. The zero-order valence-corrected chi connectivity index (χ0v) is 17.3. The van der Waals surface area contributed by atoms with Crippen LogP contribution < -0.4 is 11.1 Å². The molecule has 0 radical (unpaired) electrons. The molecule has 3 aromatic carbocycles. The average molecular weight is 412 g/mol. The van der Waals surface area contributed by atoms with Crippen LogP contribution in [0.15, 0.2) is 85.1 Å². The summed E-state index contributed by atoms with van der Waals surface area (Å²) >= 11 is 0. The Morgan fingerprint density at radius 1 is 0.903 bits per heavy atom. The van der Waals surface area contributed by atoms with Crippen LogP contribution in [0, 0.1) is 0 Å². The van der Waals surface area contributed by atoms with E-state index < -0.39 is 11.9 Å². The highest BCUT2D eigenvalue weighted by Crippen LogP contribution is 2.25. The van der Waals surface area contributed by atoms with Crippen molar-refractivity contribution >= 4 is 22.6 Å². The number of hydrogen-bond donors (Lipinski definition) is 3. The van der Waals surface area contributed by atoms with Crippen LogP contribution in [0.4, 0.5) is 0 Å². The summed E-state index contributed by atoms with van der Waals surface area (Å²) in [4.78, 5) is 28.1. The third-order valence-electron chi connectivity index (χ3n) is 5.64. The number of aromatic amines is 1. The molecule has 4 N–H and O–H groups in total. The lowest BCUT2D eigenvalue weighted by Crippen LogP contribution is -2.31. The van der Waals surface area contributed by atoms with Gasteiger partial charge in [-0.2, -0.15) is 0 Å². The Hall–Kier alpha value is -3.70. The van der Waals surface area contributed by atoms with Crippen molar-refractivity contribution in [1.29, 1.82) is 0 Å². The van der Waals surface area contributed by atoms with E-state index in [1.807, 2.05) is 66.7 Å². The zero-order chi connectivity index (χ0) is 21.8. The number of nitrogens with two attached hydrogens (primary N) is 1. The van der Waals surface area contributed by atoms with Crippen LogP contribution in [-0.2, 0) is 0 Å². The van der Waals surface area contributed by atoms with Crippen LogP contribution in [-0.4, -0.2) is 23.2 Å². The molecule has 2 unspecified atom stereocenters. The predicted molar refractivity (Wildman–Crippen MR) is 123 cm³/mol. The van der Waals surface area contributed by atoms with Crippen molar-refractivity contribution in [3.05, 3.63) is 107 Å². The molecular weight excluding hydrogens is 386 g/mol. The third-order valence-corrected chi connectivity index (χ3v) is 5.64. The maximum Gasteiger partial charge on any atom is 0.248 e. The van der Waals surface area contributed by atoms with Gasteiger partial charge in [0, 0.05) is 34.8 Å². The lowest BCUT2D eigenvalue weighted by atomic mass is 9.95. The number of carbonyl (C=O) groups excluding carboxylic acids is 2. The molecule has 0 aliphatic heterocycles. The second-order valence-electron chi connectivity index (χ2n) is 7.75. The number of benzene rings is 3. The van der Waals surface area contributed by atoms with Crippen molar-refractivity contribution in [1.82, 2.24) is 10.3 Å². The minimum absolute atomic E-state index is 0.0277. The Morgan fingerprint density at radius 2 is 1.58 bits per heavy atom. The SMILES string of the molecule is CC(CNC(C(=O)c1c[nH]c2ccccc12)c1ccccc1)c1ccc(C(N)=O)cc1. The summed E-state index contributed by atoms with van der Waals surface area (Å²) in [5.41, 5.74) is 9.44. The number of carbonyl (C=O) groups is 2. The molecule has 5 nitrogen and oxygen atoms in total. The van der Waals surface area contributed by atoms with Gasteiger partial charge in [0.1, 0.15) is 0 Å². The molecule has 0 spiro atoms. The van der Waals surface area contributed by atoms with E-state index in [1.54, 1.807) is 18.3 Å². The number of amides is 1. The van der Waals surface area contributed by atoms with Gasteiger partial charge in [-0.1, -0.05) is 67.6 Å². The van der Waals surface area contributed by atoms with Crippen LogP contribution in [0.25, 0.3) is 10.9 Å². The van der Waals surface area contributed by atoms with Gasteiger partial charge >= 0.3 is 0 Å². The number of rotatable bonds is 8. The summed E-state index contributed by atoms with van der Waals surface area (Å²) in [6, 6.07) is 24.4. The Kier molecular flexibility index (Phi) is 5.96. The fraction of sp³-hybridized carbons (Fsp3) is 0.154. The molecule has 1 heterocycles. The molecule has 0 bridgehead atoms. The molecule has 0 fully saturated rings. The van der Waals surface area contributed by atoms with E-state index in [0.717, 1.165) is 22.0 Å². The molecule has 0 aliphatic carbocycles. The van der Waals surface area contributed by atoms with Gasteiger partial charge in [0.2, 0.25) is 5.91 Å². The van der Waals surface area contributed by atoms with Gasteiger partial charge in [-0.15, -0.1) is 0 Å². The van der Waals surface area contributed by atoms with E-state index in [1.165, 1.54) is 0 Å². The van der Waals surface area contributed by atoms with Crippen LogP contribution in [0.3, 0.4) is 0 Å². The quantitative estimate of drug-likeness (QED) is 0.371. The van der Waals surface area contributed by atoms with Crippen LogP contribution in [0.1, 0.15) is 50.7 Å². The molecular formula is C26H25N3O2. The molecule has 156 valence electrons. The van der Waals surface area contributed by atoms with E-state index in [-0.39, 0.29) is 11.7 Å². The van der Waals surface area contributed by atoms with Gasteiger partial charge in [0.05, 0.1) is 6.04 Å². The Labute approximate surface area is 181 Å². The smallest absolute Gasteiger partial charge is 0.248 e. The number of hydrogen-bond acceptors (Lipinski definition) is 3. The first-order valence-electron chi connectivity index (χ1n) is 10.3. The minimum atomic E-state index is -0.465. The van der Waals surface area contributed by atoms with Gasteiger partial charge in [0.25, 0.3) is 0 Å². The number of Topliss-reactive ketones (excluding diaryl/α,β-unsaturated/α-hetero) is 1. The maximum absolute atomic E-state index is 13.6. The lowest BCUT2D eigenvalue weighted by Gasteiger charge is -2.21. The van der Waals surface area contributed by atoms with Crippen LogP contribution >= 0.6 is 0 Å². The summed E-state index contributed by atoms with van der Waals surface area (Å²) in [6.07, 6.45) is 1.79. The first-order chi connectivity index (χ1) is 15.0. The fourth-order valence-electron chi connectivity index (χ4n) is 3.83. The van der Waals surface area contributed by atoms with Gasteiger partial charge < -0.3 is 16.0 Å². The lowest BCUT2D eigenvalue weighted by molar-refractivity contribution is 0.0942. The van der Waals surface area contributed by atoms with E-state index in [9.17, 15) is 9.59 Å². The molecule has 0 saturated carbocycles.